The number of anilines is 1. The first-order chi connectivity index (χ1) is 10.7. The van der Waals surface area contributed by atoms with Gasteiger partial charge < -0.3 is 14.8 Å². The molecule has 0 unspecified atom stereocenters. The molecule has 0 aliphatic carbocycles. The molecule has 0 bridgehead atoms. The standard InChI is InChI=1S/C18H21NO3/c1-4-15(22-17-12-8-7-11-16(17)21-3)18(20)19-14-10-6-5-9-13(14)2/h5-12,15H,4H2,1-3H3,(H,19,20)/t15-/m1/s1. The van der Waals surface area contributed by atoms with E-state index in [1.165, 1.54) is 0 Å². The van der Waals surface area contributed by atoms with Gasteiger partial charge in [-0.25, -0.2) is 0 Å². The van der Waals surface area contributed by atoms with Crippen LogP contribution in [0, 0.1) is 6.92 Å². The quantitative estimate of drug-likeness (QED) is 0.882. The molecule has 0 saturated carbocycles. The Labute approximate surface area is 131 Å². The van der Waals surface area contributed by atoms with Crippen molar-refractivity contribution in [1.29, 1.82) is 0 Å². The average Bonchev–Trinajstić information content (AvgIpc) is 2.55. The Kier molecular flexibility index (Phi) is 5.42. The number of carbonyl (C=O) groups excluding carboxylic acids is 1. The minimum absolute atomic E-state index is 0.164. The monoisotopic (exact) mass is 299 g/mol. The summed E-state index contributed by atoms with van der Waals surface area (Å²) >= 11 is 0. The fourth-order valence-corrected chi connectivity index (χ4v) is 2.12. The summed E-state index contributed by atoms with van der Waals surface area (Å²) < 4.78 is 11.1. The Morgan fingerprint density at radius 3 is 2.36 bits per heavy atom. The van der Waals surface area contributed by atoms with Gasteiger partial charge in [-0.3, -0.25) is 4.79 Å². The van der Waals surface area contributed by atoms with Crippen LogP contribution in [0.2, 0.25) is 0 Å². The molecule has 4 heteroatoms. The molecule has 0 aliphatic rings. The molecule has 22 heavy (non-hydrogen) atoms. The summed E-state index contributed by atoms with van der Waals surface area (Å²) in [6, 6.07) is 15.0. The van der Waals surface area contributed by atoms with E-state index in [0.29, 0.717) is 17.9 Å². The van der Waals surface area contributed by atoms with Gasteiger partial charge in [0.05, 0.1) is 7.11 Å². The highest BCUT2D eigenvalue weighted by molar-refractivity contribution is 5.95. The second-order valence-electron chi connectivity index (χ2n) is 4.97. The number of benzene rings is 2. The Hall–Kier alpha value is -2.49. The van der Waals surface area contributed by atoms with Crippen molar-refractivity contribution in [2.75, 3.05) is 12.4 Å². The van der Waals surface area contributed by atoms with Crippen LogP contribution < -0.4 is 14.8 Å². The molecule has 0 saturated heterocycles. The summed E-state index contributed by atoms with van der Waals surface area (Å²) in [6.45, 7) is 3.87. The molecule has 4 nitrogen and oxygen atoms in total. The molecule has 1 N–H and O–H groups in total. The van der Waals surface area contributed by atoms with E-state index in [4.69, 9.17) is 9.47 Å². The lowest BCUT2D eigenvalue weighted by Crippen LogP contribution is -2.32. The zero-order valence-corrected chi connectivity index (χ0v) is 13.1. The van der Waals surface area contributed by atoms with Crippen molar-refractivity contribution in [3.63, 3.8) is 0 Å². The van der Waals surface area contributed by atoms with E-state index in [1.54, 1.807) is 19.2 Å². The minimum atomic E-state index is -0.573. The molecule has 0 aliphatic heterocycles. The van der Waals surface area contributed by atoms with Crippen LogP contribution in [0.15, 0.2) is 48.5 Å². The molecular formula is C18H21NO3. The van der Waals surface area contributed by atoms with Crippen molar-refractivity contribution in [3.05, 3.63) is 54.1 Å². The third-order valence-corrected chi connectivity index (χ3v) is 3.40. The van der Waals surface area contributed by atoms with Crippen LogP contribution in [-0.4, -0.2) is 19.1 Å². The van der Waals surface area contributed by atoms with E-state index in [0.717, 1.165) is 11.3 Å². The van der Waals surface area contributed by atoms with Crippen LogP contribution in [0.25, 0.3) is 0 Å². The molecule has 0 fully saturated rings. The summed E-state index contributed by atoms with van der Waals surface area (Å²) in [5.74, 6) is 1.02. The van der Waals surface area contributed by atoms with Crippen LogP contribution in [0.1, 0.15) is 18.9 Å². The predicted octanol–water partition coefficient (Wildman–Crippen LogP) is 3.80. The van der Waals surface area contributed by atoms with Gasteiger partial charge in [0.25, 0.3) is 5.91 Å². The third-order valence-electron chi connectivity index (χ3n) is 3.40. The lowest BCUT2D eigenvalue weighted by atomic mass is 10.2. The second kappa shape index (κ2) is 7.50. The number of aryl methyl sites for hydroxylation is 1. The van der Waals surface area contributed by atoms with Gasteiger partial charge in [-0.1, -0.05) is 37.3 Å². The highest BCUT2D eigenvalue weighted by atomic mass is 16.5. The van der Waals surface area contributed by atoms with E-state index in [2.05, 4.69) is 5.32 Å². The van der Waals surface area contributed by atoms with Gasteiger partial charge in [0, 0.05) is 5.69 Å². The molecule has 0 spiro atoms. The van der Waals surface area contributed by atoms with Crippen molar-refractivity contribution in [2.45, 2.75) is 26.4 Å². The maximum absolute atomic E-state index is 12.4. The predicted molar refractivity (Wildman–Crippen MR) is 87.5 cm³/mol. The Balaban J connectivity index is 2.11. The fourth-order valence-electron chi connectivity index (χ4n) is 2.12. The summed E-state index contributed by atoms with van der Waals surface area (Å²) in [6.07, 6.45) is -0.00799. The van der Waals surface area contributed by atoms with E-state index < -0.39 is 6.10 Å². The molecule has 0 heterocycles. The minimum Gasteiger partial charge on any atom is -0.493 e. The van der Waals surface area contributed by atoms with Crippen molar-refractivity contribution < 1.29 is 14.3 Å². The maximum atomic E-state index is 12.4. The molecule has 1 amide bonds. The van der Waals surface area contributed by atoms with Gasteiger partial charge in [0.15, 0.2) is 17.6 Å². The van der Waals surface area contributed by atoms with Gasteiger partial charge >= 0.3 is 0 Å². The number of hydrogen-bond acceptors (Lipinski definition) is 3. The number of amides is 1. The molecule has 116 valence electrons. The maximum Gasteiger partial charge on any atom is 0.265 e. The molecule has 2 aromatic carbocycles. The number of hydrogen-bond donors (Lipinski definition) is 1. The van der Waals surface area contributed by atoms with Crippen molar-refractivity contribution >= 4 is 11.6 Å². The average molecular weight is 299 g/mol. The van der Waals surface area contributed by atoms with Crippen LogP contribution in [0.4, 0.5) is 5.69 Å². The second-order valence-corrected chi connectivity index (χ2v) is 4.97. The van der Waals surface area contributed by atoms with Gasteiger partial charge in [-0.05, 0) is 37.1 Å². The first-order valence-electron chi connectivity index (χ1n) is 7.32. The number of nitrogens with one attached hydrogen (secondary N) is 1. The van der Waals surface area contributed by atoms with Crippen LogP contribution in [0.5, 0.6) is 11.5 Å². The van der Waals surface area contributed by atoms with Gasteiger partial charge in [-0.15, -0.1) is 0 Å². The molecule has 0 radical (unpaired) electrons. The van der Waals surface area contributed by atoms with Crippen molar-refractivity contribution in [2.24, 2.45) is 0 Å². The Morgan fingerprint density at radius 1 is 1.09 bits per heavy atom. The molecule has 0 aromatic heterocycles. The van der Waals surface area contributed by atoms with E-state index in [9.17, 15) is 4.79 Å². The fraction of sp³-hybridized carbons (Fsp3) is 0.278. The Bertz CT molecular complexity index is 640. The van der Waals surface area contributed by atoms with Crippen LogP contribution in [0.3, 0.4) is 0 Å². The number of rotatable bonds is 6. The van der Waals surface area contributed by atoms with Crippen LogP contribution >= 0.6 is 0 Å². The highest BCUT2D eigenvalue weighted by Gasteiger charge is 2.20. The number of ether oxygens (including phenoxy) is 2. The molecule has 1 atom stereocenters. The van der Waals surface area contributed by atoms with Gasteiger partial charge in [0.2, 0.25) is 0 Å². The zero-order chi connectivity index (χ0) is 15.9. The smallest absolute Gasteiger partial charge is 0.265 e. The molecular weight excluding hydrogens is 278 g/mol. The van der Waals surface area contributed by atoms with Gasteiger partial charge in [0.1, 0.15) is 0 Å². The van der Waals surface area contributed by atoms with E-state index >= 15 is 0 Å². The number of methoxy groups -OCH3 is 1. The first kappa shape index (κ1) is 15.9. The third kappa shape index (κ3) is 3.79. The SMILES string of the molecule is CC[C@@H](Oc1ccccc1OC)C(=O)Nc1ccccc1C. The Morgan fingerprint density at radius 2 is 1.73 bits per heavy atom. The van der Waals surface area contributed by atoms with Gasteiger partial charge in [-0.2, -0.15) is 0 Å². The summed E-state index contributed by atoms with van der Waals surface area (Å²) in [5, 5.41) is 2.91. The summed E-state index contributed by atoms with van der Waals surface area (Å²) in [4.78, 5) is 12.4. The lowest BCUT2D eigenvalue weighted by molar-refractivity contribution is -0.122. The first-order valence-corrected chi connectivity index (χ1v) is 7.32. The number of para-hydroxylation sites is 3. The lowest BCUT2D eigenvalue weighted by Gasteiger charge is -2.19. The number of carbonyl (C=O) groups is 1. The van der Waals surface area contributed by atoms with Crippen molar-refractivity contribution in [1.82, 2.24) is 0 Å². The zero-order valence-electron chi connectivity index (χ0n) is 13.1. The summed E-state index contributed by atoms with van der Waals surface area (Å²) in [5.41, 5.74) is 1.82. The normalized spacial score (nSPS) is 11.6. The topological polar surface area (TPSA) is 47.6 Å². The molecule has 2 rings (SSSR count). The summed E-state index contributed by atoms with van der Waals surface area (Å²) in [7, 11) is 1.58. The molecule has 2 aromatic rings. The largest absolute Gasteiger partial charge is 0.493 e. The highest BCUT2D eigenvalue weighted by Crippen LogP contribution is 2.27. The van der Waals surface area contributed by atoms with Crippen LogP contribution in [-0.2, 0) is 4.79 Å². The van der Waals surface area contributed by atoms with Crippen molar-refractivity contribution in [3.8, 4) is 11.5 Å². The van der Waals surface area contributed by atoms with E-state index in [1.807, 2.05) is 50.2 Å². The van der Waals surface area contributed by atoms with E-state index in [-0.39, 0.29) is 5.91 Å².